The van der Waals surface area contributed by atoms with Gasteiger partial charge in [-0.05, 0) is 41.0 Å². The van der Waals surface area contributed by atoms with E-state index in [9.17, 15) is 4.79 Å². The molecule has 0 amide bonds. The van der Waals surface area contributed by atoms with Crippen LogP contribution < -0.4 is 4.74 Å². The molecule has 0 bridgehead atoms. The van der Waals surface area contributed by atoms with Crippen LogP contribution in [0, 0.1) is 0 Å². The highest BCUT2D eigenvalue weighted by molar-refractivity contribution is 5.76. The van der Waals surface area contributed by atoms with Gasteiger partial charge in [-0.1, -0.05) is 92.3 Å². The van der Waals surface area contributed by atoms with E-state index in [1.165, 1.54) is 12.8 Å². The number of benzene rings is 2. The van der Waals surface area contributed by atoms with Gasteiger partial charge in [-0.2, -0.15) is 0 Å². The summed E-state index contributed by atoms with van der Waals surface area (Å²) in [7, 11) is 0. The van der Waals surface area contributed by atoms with E-state index in [0.29, 0.717) is 17.9 Å². The zero-order chi connectivity index (χ0) is 24.2. The summed E-state index contributed by atoms with van der Waals surface area (Å²) in [6.07, 6.45) is 5.88. The van der Waals surface area contributed by atoms with E-state index in [1.54, 1.807) is 4.80 Å². The quantitative estimate of drug-likeness (QED) is 0.206. The Balaban J connectivity index is 2.07. The van der Waals surface area contributed by atoms with Gasteiger partial charge >= 0.3 is 5.97 Å². The summed E-state index contributed by atoms with van der Waals surface area (Å²) in [5.41, 5.74) is 4.17. The van der Waals surface area contributed by atoms with Crippen molar-refractivity contribution in [2.75, 3.05) is 0 Å². The van der Waals surface area contributed by atoms with Crippen molar-refractivity contribution in [1.82, 2.24) is 15.0 Å². The first-order valence-corrected chi connectivity index (χ1v) is 12.2. The van der Waals surface area contributed by atoms with Crippen LogP contribution in [0.4, 0.5) is 0 Å². The van der Waals surface area contributed by atoms with Crippen molar-refractivity contribution in [3.05, 3.63) is 47.5 Å². The van der Waals surface area contributed by atoms with Crippen molar-refractivity contribution in [3.63, 3.8) is 0 Å². The average molecular weight is 450 g/mol. The topological polar surface area (TPSA) is 57.0 Å². The Labute approximate surface area is 198 Å². The van der Waals surface area contributed by atoms with Crippen molar-refractivity contribution >= 4 is 17.0 Å². The van der Waals surface area contributed by atoms with E-state index in [1.807, 2.05) is 24.3 Å². The fraction of sp³-hybridized carbons (Fsp3) is 0.536. The van der Waals surface area contributed by atoms with Crippen molar-refractivity contribution in [2.24, 2.45) is 0 Å². The maximum Gasteiger partial charge on any atom is 0.311 e. The molecule has 0 aliphatic carbocycles. The Morgan fingerprint density at radius 2 is 1.48 bits per heavy atom. The molecule has 1 aromatic heterocycles. The molecule has 5 nitrogen and oxygen atoms in total. The molecule has 2 aromatic carbocycles. The van der Waals surface area contributed by atoms with Crippen LogP contribution in [0.25, 0.3) is 16.7 Å². The molecule has 0 unspecified atom stereocenters. The lowest BCUT2D eigenvalue weighted by molar-refractivity contribution is -0.134. The number of esters is 1. The molecule has 0 saturated carbocycles. The van der Waals surface area contributed by atoms with E-state index in [4.69, 9.17) is 14.9 Å². The molecule has 3 aromatic rings. The normalized spacial score (nSPS) is 12.3. The Bertz CT molecular complexity index is 1070. The molecule has 0 fully saturated rings. The van der Waals surface area contributed by atoms with E-state index in [2.05, 4.69) is 60.6 Å². The molecular formula is C28H39N3O2. The van der Waals surface area contributed by atoms with Gasteiger partial charge in [-0.15, -0.1) is 15.0 Å². The van der Waals surface area contributed by atoms with Crippen molar-refractivity contribution in [3.8, 4) is 11.4 Å². The molecule has 0 radical (unpaired) electrons. The minimum Gasteiger partial charge on any atom is -0.424 e. The summed E-state index contributed by atoms with van der Waals surface area (Å²) in [5.74, 6) is 0.368. The first-order valence-electron chi connectivity index (χ1n) is 12.2. The van der Waals surface area contributed by atoms with Crippen molar-refractivity contribution in [2.45, 2.75) is 97.8 Å². The van der Waals surface area contributed by atoms with Crippen molar-refractivity contribution in [1.29, 1.82) is 0 Å². The molecule has 0 atom stereocenters. The number of aromatic nitrogens is 3. The second kappa shape index (κ2) is 10.1. The van der Waals surface area contributed by atoms with E-state index >= 15 is 0 Å². The summed E-state index contributed by atoms with van der Waals surface area (Å²) >= 11 is 0. The smallest absolute Gasteiger partial charge is 0.311 e. The largest absolute Gasteiger partial charge is 0.424 e. The SMILES string of the molecule is CCCCCCCC(=O)Oc1c(-n2nc3ccccc3n2)cc(C(C)(C)C)cc1C(C)(C)C. The van der Waals surface area contributed by atoms with Gasteiger partial charge in [0.05, 0.1) is 0 Å². The van der Waals surface area contributed by atoms with Gasteiger partial charge in [0.1, 0.15) is 16.7 Å². The van der Waals surface area contributed by atoms with Crippen LogP contribution in [-0.2, 0) is 15.6 Å². The van der Waals surface area contributed by atoms with Gasteiger partial charge in [0.25, 0.3) is 0 Å². The lowest BCUT2D eigenvalue weighted by Crippen LogP contribution is -2.21. The van der Waals surface area contributed by atoms with E-state index < -0.39 is 0 Å². The third-order valence-corrected chi connectivity index (χ3v) is 5.95. The number of nitrogens with zero attached hydrogens (tertiary/aromatic N) is 3. The lowest BCUT2D eigenvalue weighted by Gasteiger charge is -2.28. The highest BCUT2D eigenvalue weighted by Gasteiger charge is 2.29. The fourth-order valence-corrected chi connectivity index (χ4v) is 3.86. The van der Waals surface area contributed by atoms with E-state index in [-0.39, 0.29) is 16.8 Å². The molecule has 178 valence electrons. The number of ether oxygens (including phenoxy) is 1. The summed E-state index contributed by atoms with van der Waals surface area (Å²) in [6, 6.07) is 12.0. The fourth-order valence-electron chi connectivity index (χ4n) is 3.86. The van der Waals surface area contributed by atoms with Crippen LogP contribution in [-0.4, -0.2) is 21.0 Å². The van der Waals surface area contributed by atoms with Crippen LogP contribution in [0.2, 0.25) is 0 Å². The van der Waals surface area contributed by atoms with Gasteiger partial charge in [0.15, 0.2) is 5.75 Å². The molecule has 33 heavy (non-hydrogen) atoms. The summed E-state index contributed by atoms with van der Waals surface area (Å²) in [4.78, 5) is 14.5. The van der Waals surface area contributed by atoms with Gasteiger partial charge in [-0.25, -0.2) is 0 Å². The second-order valence-electron chi connectivity index (χ2n) is 11.0. The van der Waals surface area contributed by atoms with Crippen LogP contribution in [0.5, 0.6) is 5.75 Å². The maximum atomic E-state index is 12.9. The third-order valence-electron chi connectivity index (χ3n) is 5.95. The molecule has 0 aliphatic heterocycles. The standard InChI is InChI=1S/C28H39N3O2/c1-8-9-10-11-12-17-25(32)33-26-21(28(5,6)7)18-20(27(2,3)4)19-24(26)31-29-22-15-13-14-16-23(22)30-31/h13-16,18-19H,8-12,17H2,1-7H3. The predicted molar refractivity (Wildman–Crippen MR) is 135 cm³/mol. The Morgan fingerprint density at radius 3 is 2.03 bits per heavy atom. The van der Waals surface area contributed by atoms with Gasteiger partial charge in [0, 0.05) is 12.0 Å². The molecule has 3 rings (SSSR count). The molecule has 0 aliphatic rings. The lowest BCUT2D eigenvalue weighted by atomic mass is 9.79. The predicted octanol–water partition coefficient (Wildman–Crippen LogP) is 7.28. The zero-order valence-corrected chi connectivity index (χ0v) is 21.4. The molecule has 5 heteroatoms. The average Bonchev–Trinajstić information content (AvgIpc) is 3.16. The number of rotatable bonds is 8. The minimum absolute atomic E-state index is 0.0802. The van der Waals surface area contributed by atoms with Crippen molar-refractivity contribution < 1.29 is 9.53 Å². The summed E-state index contributed by atoms with van der Waals surface area (Å²) in [6.45, 7) is 15.2. The number of fused-ring (bicyclic) bond motifs is 1. The highest BCUT2D eigenvalue weighted by atomic mass is 16.5. The zero-order valence-electron chi connectivity index (χ0n) is 21.4. The first-order chi connectivity index (χ1) is 15.5. The monoisotopic (exact) mass is 449 g/mol. The number of carbonyl (C=O) groups is 1. The molecule has 0 saturated heterocycles. The number of carbonyl (C=O) groups excluding carboxylic acids is 1. The number of hydrogen-bond acceptors (Lipinski definition) is 4. The van der Waals surface area contributed by atoms with Crippen LogP contribution in [0.15, 0.2) is 36.4 Å². The molecule has 0 spiro atoms. The van der Waals surface area contributed by atoms with Gasteiger partial charge in [0.2, 0.25) is 0 Å². The first kappa shape index (κ1) is 24.9. The third kappa shape index (κ3) is 6.21. The second-order valence-corrected chi connectivity index (χ2v) is 11.0. The maximum absolute atomic E-state index is 12.9. The Kier molecular flexibility index (Phi) is 7.61. The van der Waals surface area contributed by atoms with E-state index in [0.717, 1.165) is 41.4 Å². The molecule has 0 N–H and O–H groups in total. The van der Waals surface area contributed by atoms with Gasteiger partial charge in [-0.3, -0.25) is 4.79 Å². The summed E-state index contributed by atoms with van der Waals surface area (Å²) in [5, 5.41) is 9.41. The Morgan fingerprint density at radius 1 is 0.879 bits per heavy atom. The minimum atomic E-state index is -0.223. The Hall–Kier alpha value is -2.69. The molecular weight excluding hydrogens is 410 g/mol. The molecule has 1 heterocycles. The van der Waals surface area contributed by atoms with Crippen LogP contribution in [0.1, 0.15) is 98.1 Å². The number of hydrogen-bond donors (Lipinski definition) is 0. The van der Waals surface area contributed by atoms with Gasteiger partial charge < -0.3 is 4.74 Å². The summed E-state index contributed by atoms with van der Waals surface area (Å²) < 4.78 is 6.09. The number of unbranched alkanes of at least 4 members (excludes halogenated alkanes) is 4. The highest BCUT2D eigenvalue weighted by Crippen LogP contribution is 2.40. The van der Waals surface area contributed by atoms with Crippen LogP contribution >= 0.6 is 0 Å². The van der Waals surface area contributed by atoms with Crippen LogP contribution in [0.3, 0.4) is 0 Å².